The summed E-state index contributed by atoms with van der Waals surface area (Å²) in [4.78, 5) is 10.9. The second-order valence-electron chi connectivity index (χ2n) is 7.69. The fraction of sp³-hybridized carbons (Fsp3) is 0.381. The molecule has 28 heavy (non-hydrogen) atoms. The van der Waals surface area contributed by atoms with Crippen LogP contribution in [0, 0.1) is 0 Å². The summed E-state index contributed by atoms with van der Waals surface area (Å²) in [5, 5.41) is 10.3. The first-order chi connectivity index (χ1) is 13.1. The number of benzene rings is 2. The van der Waals surface area contributed by atoms with E-state index < -0.39 is 5.97 Å². The summed E-state index contributed by atoms with van der Waals surface area (Å²) in [7, 11) is 0. The van der Waals surface area contributed by atoms with Crippen LogP contribution in [0.3, 0.4) is 0 Å². The van der Waals surface area contributed by atoms with Gasteiger partial charge in [-0.05, 0) is 55.2 Å². The largest absolute Gasteiger partial charge is 0.487 e. The summed E-state index contributed by atoms with van der Waals surface area (Å²) in [6.07, 6.45) is 0.766. The maximum Gasteiger partial charge on any atom is 0.303 e. The van der Waals surface area contributed by atoms with Gasteiger partial charge in [0, 0.05) is 17.0 Å². The molecule has 0 aromatic heterocycles. The van der Waals surface area contributed by atoms with Crippen molar-refractivity contribution in [2.75, 3.05) is 0 Å². The van der Waals surface area contributed by atoms with E-state index in [0.717, 1.165) is 28.9 Å². The van der Waals surface area contributed by atoms with Gasteiger partial charge in [-0.1, -0.05) is 41.7 Å². The molecule has 1 heterocycles. The molecule has 1 unspecified atom stereocenters. The summed E-state index contributed by atoms with van der Waals surface area (Å²) in [6, 6.07) is 7.11. The number of ether oxygens (including phenoxy) is 2. The van der Waals surface area contributed by atoms with Crippen molar-refractivity contribution < 1.29 is 19.4 Å². The van der Waals surface area contributed by atoms with Crippen molar-refractivity contribution in [3.05, 3.63) is 56.0 Å². The van der Waals surface area contributed by atoms with Crippen LogP contribution in [0.1, 0.15) is 49.8 Å². The average Bonchev–Trinajstić information content (AvgIpc) is 2.86. The highest BCUT2D eigenvalue weighted by Crippen LogP contribution is 2.41. The van der Waals surface area contributed by atoms with E-state index in [1.165, 1.54) is 0 Å². The minimum Gasteiger partial charge on any atom is -0.487 e. The van der Waals surface area contributed by atoms with Crippen molar-refractivity contribution in [1.82, 2.24) is 0 Å². The maximum atomic E-state index is 10.9. The molecule has 0 saturated carbocycles. The van der Waals surface area contributed by atoms with Crippen LogP contribution < -0.4 is 9.47 Å². The zero-order valence-electron chi connectivity index (χ0n) is 15.8. The lowest BCUT2D eigenvalue weighted by molar-refractivity contribution is -0.137. The Hall–Kier alpha value is -1.62. The van der Waals surface area contributed by atoms with Crippen LogP contribution in [0.25, 0.3) is 0 Å². The van der Waals surface area contributed by atoms with E-state index in [-0.39, 0.29) is 24.5 Å². The zero-order valence-corrected chi connectivity index (χ0v) is 18.1. The molecule has 4 nitrogen and oxygen atoms in total. The third-order valence-electron chi connectivity index (χ3n) is 4.64. The molecule has 1 aliphatic rings. The normalized spacial score (nSPS) is 15.6. The molecule has 0 radical (unpaired) electrons. The molecule has 3 rings (SSSR count). The fourth-order valence-electron chi connectivity index (χ4n) is 3.38. The standard InChI is InChI=1S/C21H21Cl3O4/c1-11(4-18(25)26)12-7-16(23)20(17(24)8-12)27-10-14-6-15(22)5-13-9-21(2,3)28-19(13)14/h5-8,11H,4,9-10H2,1-3H3,(H,25,26). The van der Waals surface area contributed by atoms with Crippen molar-refractivity contribution in [3.8, 4) is 11.5 Å². The maximum absolute atomic E-state index is 10.9. The molecule has 1 N–H and O–H groups in total. The molecule has 2 aromatic rings. The highest BCUT2D eigenvalue weighted by Gasteiger charge is 2.32. The summed E-state index contributed by atoms with van der Waals surface area (Å²) >= 11 is 19.0. The van der Waals surface area contributed by atoms with E-state index in [2.05, 4.69) is 0 Å². The molecule has 1 aliphatic heterocycles. The Kier molecular flexibility index (Phi) is 6.04. The Balaban J connectivity index is 1.82. The van der Waals surface area contributed by atoms with E-state index in [1.807, 2.05) is 32.9 Å². The lowest BCUT2D eigenvalue weighted by atomic mass is 9.98. The first-order valence-corrected chi connectivity index (χ1v) is 10.0. The molecular weight excluding hydrogens is 423 g/mol. The van der Waals surface area contributed by atoms with Gasteiger partial charge in [-0.2, -0.15) is 0 Å². The van der Waals surface area contributed by atoms with Crippen molar-refractivity contribution in [2.45, 2.75) is 51.7 Å². The van der Waals surface area contributed by atoms with Crippen LogP contribution >= 0.6 is 34.8 Å². The Labute approximate surface area is 179 Å². The van der Waals surface area contributed by atoms with Crippen molar-refractivity contribution in [2.24, 2.45) is 0 Å². The van der Waals surface area contributed by atoms with Crippen LogP contribution in [-0.4, -0.2) is 16.7 Å². The minimum atomic E-state index is -0.877. The number of rotatable bonds is 6. The van der Waals surface area contributed by atoms with E-state index in [0.29, 0.717) is 20.8 Å². The number of carboxylic acids is 1. The van der Waals surface area contributed by atoms with Gasteiger partial charge < -0.3 is 14.6 Å². The smallest absolute Gasteiger partial charge is 0.303 e. The van der Waals surface area contributed by atoms with Gasteiger partial charge in [-0.25, -0.2) is 0 Å². The first-order valence-electron chi connectivity index (χ1n) is 8.89. The second kappa shape index (κ2) is 8.02. The Morgan fingerprint density at radius 3 is 2.46 bits per heavy atom. The lowest BCUT2D eigenvalue weighted by Crippen LogP contribution is -2.25. The third-order valence-corrected chi connectivity index (χ3v) is 5.42. The number of fused-ring (bicyclic) bond motifs is 1. The van der Waals surface area contributed by atoms with E-state index in [1.54, 1.807) is 12.1 Å². The number of carboxylic acid groups (broad SMARTS) is 1. The Morgan fingerprint density at radius 2 is 1.86 bits per heavy atom. The Bertz CT molecular complexity index is 901. The third kappa shape index (κ3) is 4.68. The number of halogens is 3. The molecule has 0 aliphatic carbocycles. The van der Waals surface area contributed by atoms with Gasteiger partial charge in [0.1, 0.15) is 18.0 Å². The highest BCUT2D eigenvalue weighted by molar-refractivity contribution is 6.37. The second-order valence-corrected chi connectivity index (χ2v) is 8.94. The molecule has 0 saturated heterocycles. The van der Waals surface area contributed by atoms with Crippen molar-refractivity contribution in [3.63, 3.8) is 0 Å². The van der Waals surface area contributed by atoms with E-state index in [9.17, 15) is 4.79 Å². The number of carbonyl (C=O) groups is 1. The molecule has 0 fully saturated rings. The number of aliphatic carboxylic acids is 1. The van der Waals surface area contributed by atoms with Crippen molar-refractivity contribution >= 4 is 40.8 Å². The van der Waals surface area contributed by atoms with Crippen LogP contribution in [0.15, 0.2) is 24.3 Å². The first kappa shape index (κ1) is 21.1. The highest BCUT2D eigenvalue weighted by atomic mass is 35.5. The van der Waals surface area contributed by atoms with Crippen molar-refractivity contribution in [1.29, 1.82) is 0 Å². The Morgan fingerprint density at radius 1 is 1.21 bits per heavy atom. The molecule has 2 aromatic carbocycles. The van der Waals surface area contributed by atoms with E-state index in [4.69, 9.17) is 49.4 Å². The topological polar surface area (TPSA) is 55.8 Å². The molecule has 150 valence electrons. The molecule has 7 heteroatoms. The summed E-state index contributed by atoms with van der Waals surface area (Å²) in [6.45, 7) is 6.06. The van der Waals surface area contributed by atoms with Gasteiger partial charge >= 0.3 is 5.97 Å². The SMILES string of the molecule is CC(CC(=O)O)c1cc(Cl)c(OCc2cc(Cl)cc3c2OC(C)(C)C3)c(Cl)c1. The summed E-state index contributed by atoms with van der Waals surface area (Å²) in [5.41, 5.74) is 2.33. The van der Waals surface area contributed by atoms with Crippen LogP contribution in [0.2, 0.25) is 15.1 Å². The average molecular weight is 444 g/mol. The monoisotopic (exact) mass is 442 g/mol. The fourth-order valence-corrected chi connectivity index (χ4v) is 4.26. The quantitative estimate of drug-likeness (QED) is 0.552. The van der Waals surface area contributed by atoms with E-state index >= 15 is 0 Å². The van der Waals surface area contributed by atoms with Crippen LogP contribution in [0.4, 0.5) is 0 Å². The molecule has 1 atom stereocenters. The predicted molar refractivity (Wildman–Crippen MR) is 111 cm³/mol. The summed E-state index contributed by atoms with van der Waals surface area (Å²) in [5.74, 6) is 0.0418. The van der Waals surface area contributed by atoms with Gasteiger partial charge in [0.05, 0.1) is 16.5 Å². The number of hydrogen-bond acceptors (Lipinski definition) is 3. The lowest BCUT2D eigenvalue weighted by Gasteiger charge is -2.19. The van der Waals surface area contributed by atoms with Gasteiger partial charge in [0.25, 0.3) is 0 Å². The van der Waals surface area contributed by atoms with Gasteiger partial charge in [-0.3, -0.25) is 4.79 Å². The number of hydrogen-bond donors (Lipinski definition) is 1. The molecular formula is C21H21Cl3O4. The predicted octanol–water partition coefficient (Wildman–Crippen LogP) is 6.52. The zero-order chi connectivity index (χ0) is 20.6. The summed E-state index contributed by atoms with van der Waals surface area (Å²) < 4.78 is 12.0. The van der Waals surface area contributed by atoms with Crippen LogP contribution in [-0.2, 0) is 17.8 Å². The molecule has 0 spiro atoms. The van der Waals surface area contributed by atoms with Crippen LogP contribution in [0.5, 0.6) is 11.5 Å². The minimum absolute atomic E-state index is 0.00532. The van der Waals surface area contributed by atoms with Gasteiger partial charge in [-0.15, -0.1) is 0 Å². The van der Waals surface area contributed by atoms with Gasteiger partial charge in [0.2, 0.25) is 0 Å². The van der Waals surface area contributed by atoms with Gasteiger partial charge in [0.15, 0.2) is 5.75 Å². The molecule has 0 bridgehead atoms. The molecule has 0 amide bonds.